The predicted octanol–water partition coefficient (Wildman–Crippen LogP) is 3.83. The average Bonchev–Trinajstić information content (AvgIpc) is 2.62. The van der Waals surface area contributed by atoms with Gasteiger partial charge in [0, 0.05) is 30.2 Å². The van der Waals surface area contributed by atoms with Crippen LogP contribution in [0, 0.1) is 0 Å². The number of hydrogen-bond donors (Lipinski definition) is 1. The largest absolute Gasteiger partial charge is 0.351 e. The van der Waals surface area contributed by atoms with Crippen LogP contribution in [0.2, 0.25) is 0 Å². The number of hydrogen-bond acceptors (Lipinski definition) is 5. The van der Waals surface area contributed by atoms with E-state index in [-0.39, 0.29) is 0 Å². The van der Waals surface area contributed by atoms with Crippen molar-refractivity contribution in [2.45, 2.75) is 38.1 Å². The summed E-state index contributed by atoms with van der Waals surface area (Å²) < 4.78 is 0. The van der Waals surface area contributed by atoms with E-state index in [1.54, 1.807) is 12.4 Å². The summed E-state index contributed by atoms with van der Waals surface area (Å²) in [4.78, 5) is 17.7. The van der Waals surface area contributed by atoms with Crippen molar-refractivity contribution in [3.63, 3.8) is 0 Å². The highest BCUT2D eigenvalue weighted by atomic mass is 15.1. The van der Waals surface area contributed by atoms with Gasteiger partial charge < -0.3 is 5.32 Å². The van der Waals surface area contributed by atoms with E-state index in [1.807, 2.05) is 30.5 Å². The third-order valence-corrected chi connectivity index (χ3v) is 4.36. The first-order chi connectivity index (χ1) is 11.4. The second-order valence-corrected chi connectivity index (χ2v) is 6.00. The van der Waals surface area contributed by atoms with E-state index in [4.69, 9.17) is 0 Å². The first-order valence-electron chi connectivity index (χ1n) is 8.19. The molecule has 0 saturated heterocycles. The molecule has 0 unspecified atom stereocenters. The van der Waals surface area contributed by atoms with E-state index in [0.29, 0.717) is 12.0 Å². The van der Waals surface area contributed by atoms with Crippen LogP contribution in [0.4, 0.5) is 5.95 Å². The Labute approximate surface area is 135 Å². The molecular formula is C18H19N5. The van der Waals surface area contributed by atoms with Crippen LogP contribution in [-0.2, 0) is 0 Å². The van der Waals surface area contributed by atoms with E-state index in [0.717, 1.165) is 22.3 Å². The zero-order valence-corrected chi connectivity index (χ0v) is 12.9. The Kier molecular flexibility index (Phi) is 3.84. The molecule has 116 valence electrons. The third-order valence-electron chi connectivity index (χ3n) is 4.36. The van der Waals surface area contributed by atoms with Gasteiger partial charge in [0.2, 0.25) is 5.95 Å². The predicted molar refractivity (Wildman–Crippen MR) is 91.1 cm³/mol. The monoisotopic (exact) mass is 305 g/mol. The first-order valence-corrected chi connectivity index (χ1v) is 8.19. The summed E-state index contributed by atoms with van der Waals surface area (Å²) in [5, 5.41) is 3.48. The molecular weight excluding hydrogens is 286 g/mol. The fourth-order valence-corrected chi connectivity index (χ4v) is 3.14. The lowest BCUT2D eigenvalue weighted by Gasteiger charge is -2.22. The molecule has 5 heteroatoms. The molecule has 2 heterocycles. The Hall–Kier alpha value is -2.56. The average molecular weight is 305 g/mol. The van der Waals surface area contributed by atoms with Crippen molar-refractivity contribution in [2.75, 3.05) is 5.32 Å². The molecule has 4 rings (SSSR count). The van der Waals surface area contributed by atoms with Gasteiger partial charge in [0.25, 0.3) is 0 Å². The summed E-state index contributed by atoms with van der Waals surface area (Å²) in [6, 6.07) is 8.47. The summed E-state index contributed by atoms with van der Waals surface area (Å²) in [5.74, 6) is 0.716. The van der Waals surface area contributed by atoms with Crippen LogP contribution in [0.25, 0.3) is 22.3 Å². The van der Waals surface area contributed by atoms with Crippen molar-refractivity contribution < 1.29 is 0 Å². The summed E-state index contributed by atoms with van der Waals surface area (Å²) in [6.07, 6.45) is 11.6. The fourth-order valence-electron chi connectivity index (χ4n) is 3.14. The van der Waals surface area contributed by atoms with Crippen LogP contribution >= 0.6 is 0 Å². The van der Waals surface area contributed by atoms with E-state index in [9.17, 15) is 0 Å². The number of aromatic nitrogens is 4. The van der Waals surface area contributed by atoms with E-state index in [1.165, 1.54) is 32.1 Å². The number of nitrogens with zero attached hydrogens (tertiary/aromatic N) is 4. The van der Waals surface area contributed by atoms with Crippen LogP contribution in [0.3, 0.4) is 0 Å². The molecule has 3 aromatic rings. The van der Waals surface area contributed by atoms with Gasteiger partial charge in [0.15, 0.2) is 0 Å². The molecule has 2 aromatic heterocycles. The smallest absolute Gasteiger partial charge is 0.223 e. The van der Waals surface area contributed by atoms with Crippen molar-refractivity contribution in [2.24, 2.45) is 0 Å². The maximum Gasteiger partial charge on any atom is 0.223 e. The number of nitrogens with one attached hydrogen (secondary N) is 1. The van der Waals surface area contributed by atoms with Gasteiger partial charge in [-0.25, -0.2) is 9.97 Å². The Morgan fingerprint density at radius 1 is 0.826 bits per heavy atom. The quantitative estimate of drug-likeness (QED) is 0.796. The van der Waals surface area contributed by atoms with Gasteiger partial charge in [0.1, 0.15) is 0 Å². The second-order valence-electron chi connectivity index (χ2n) is 6.00. The van der Waals surface area contributed by atoms with Crippen molar-refractivity contribution in [3.05, 3.63) is 42.9 Å². The van der Waals surface area contributed by atoms with Gasteiger partial charge >= 0.3 is 0 Å². The zero-order valence-electron chi connectivity index (χ0n) is 12.9. The number of anilines is 1. The molecule has 23 heavy (non-hydrogen) atoms. The van der Waals surface area contributed by atoms with Gasteiger partial charge in [-0.05, 0) is 31.0 Å². The maximum absolute atomic E-state index is 4.67. The molecule has 0 radical (unpaired) electrons. The normalized spacial score (nSPS) is 15.7. The van der Waals surface area contributed by atoms with Gasteiger partial charge in [-0.15, -0.1) is 0 Å². The number of fused-ring (bicyclic) bond motifs is 1. The van der Waals surface area contributed by atoms with Crippen molar-refractivity contribution >= 4 is 17.0 Å². The highest BCUT2D eigenvalue weighted by molar-refractivity contribution is 5.80. The van der Waals surface area contributed by atoms with E-state index < -0.39 is 0 Å². The molecule has 0 bridgehead atoms. The zero-order chi connectivity index (χ0) is 15.5. The Balaban J connectivity index is 1.61. The molecule has 1 fully saturated rings. The minimum Gasteiger partial charge on any atom is -0.351 e. The topological polar surface area (TPSA) is 63.6 Å². The van der Waals surface area contributed by atoms with Crippen LogP contribution in [0.5, 0.6) is 0 Å². The van der Waals surface area contributed by atoms with Gasteiger partial charge in [0.05, 0.1) is 16.7 Å². The number of rotatable bonds is 3. The maximum atomic E-state index is 4.67. The number of benzene rings is 1. The van der Waals surface area contributed by atoms with Crippen molar-refractivity contribution in [1.29, 1.82) is 0 Å². The minimum absolute atomic E-state index is 0.501. The third kappa shape index (κ3) is 3.13. The van der Waals surface area contributed by atoms with Crippen molar-refractivity contribution in [3.8, 4) is 11.3 Å². The van der Waals surface area contributed by atoms with Gasteiger partial charge in [-0.1, -0.05) is 25.3 Å². The highest BCUT2D eigenvalue weighted by Crippen LogP contribution is 2.23. The first kappa shape index (κ1) is 14.1. The Bertz CT molecular complexity index is 811. The standard InChI is InChI=1S/C18H19N5/c1-2-4-14(5-3-1)22-18-21-9-8-15(23-18)13-6-7-16-17(12-13)20-11-10-19-16/h6-12,14H,1-5H2,(H,21,22,23). The molecule has 1 aromatic carbocycles. The van der Waals surface area contributed by atoms with E-state index >= 15 is 0 Å². The molecule has 0 amide bonds. The van der Waals surface area contributed by atoms with Crippen molar-refractivity contribution in [1.82, 2.24) is 19.9 Å². The lowest BCUT2D eigenvalue weighted by Crippen LogP contribution is -2.23. The lowest BCUT2D eigenvalue weighted by atomic mass is 9.96. The molecule has 1 aliphatic rings. The van der Waals surface area contributed by atoms with Gasteiger partial charge in [-0.3, -0.25) is 9.97 Å². The summed E-state index contributed by atoms with van der Waals surface area (Å²) in [6.45, 7) is 0. The molecule has 1 N–H and O–H groups in total. The van der Waals surface area contributed by atoms with Gasteiger partial charge in [-0.2, -0.15) is 0 Å². The second kappa shape index (κ2) is 6.28. The summed E-state index contributed by atoms with van der Waals surface area (Å²) >= 11 is 0. The highest BCUT2D eigenvalue weighted by Gasteiger charge is 2.14. The van der Waals surface area contributed by atoms with E-state index in [2.05, 4.69) is 25.3 Å². The molecule has 0 spiro atoms. The Morgan fingerprint density at radius 2 is 1.65 bits per heavy atom. The summed E-state index contributed by atoms with van der Waals surface area (Å²) in [5.41, 5.74) is 3.72. The molecule has 1 saturated carbocycles. The van der Waals surface area contributed by atoms with Crippen LogP contribution in [-0.4, -0.2) is 26.0 Å². The SMILES string of the molecule is c1cc(-c2ccc3nccnc3c2)nc(NC2CCCCC2)n1. The molecule has 0 aliphatic heterocycles. The summed E-state index contributed by atoms with van der Waals surface area (Å²) in [7, 11) is 0. The fraction of sp³-hybridized carbons (Fsp3) is 0.333. The molecule has 0 atom stereocenters. The van der Waals surface area contributed by atoms with Crippen LogP contribution < -0.4 is 5.32 Å². The molecule has 1 aliphatic carbocycles. The van der Waals surface area contributed by atoms with Crippen LogP contribution in [0.15, 0.2) is 42.9 Å². The Morgan fingerprint density at radius 3 is 2.52 bits per heavy atom. The lowest BCUT2D eigenvalue weighted by molar-refractivity contribution is 0.461. The minimum atomic E-state index is 0.501. The molecule has 5 nitrogen and oxygen atoms in total. The van der Waals surface area contributed by atoms with Crippen LogP contribution in [0.1, 0.15) is 32.1 Å².